The van der Waals surface area contributed by atoms with Crippen LogP contribution in [0.25, 0.3) is 11.1 Å². The van der Waals surface area contributed by atoms with Crippen LogP contribution >= 0.6 is 0 Å². The van der Waals surface area contributed by atoms with Crippen molar-refractivity contribution in [2.75, 3.05) is 0 Å². The molecule has 3 rings (SSSR count). The van der Waals surface area contributed by atoms with Crippen LogP contribution in [0.2, 0.25) is 0 Å². The second-order valence-electron chi connectivity index (χ2n) is 7.46. The van der Waals surface area contributed by atoms with Gasteiger partial charge in [0.15, 0.2) is 0 Å². The second kappa shape index (κ2) is 10.4. The van der Waals surface area contributed by atoms with Gasteiger partial charge < -0.3 is 5.11 Å². The summed E-state index contributed by atoms with van der Waals surface area (Å²) in [5.41, 5.74) is 4.00. The number of rotatable bonds is 9. The highest BCUT2D eigenvalue weighted by molar-refractivity contribution is 5.70. The van der Waals surface area contributed by atoms with E-state index in [4.69, 9.17) is 5.26 Å². The van der Waals surface area contributed by atoms with E-state index in [1.54, 1.807) is 6.07 Å². The zero-order valence-corrected chi connectivity index (χ0v) is 16.7. The maximum atomic E-state index is 13.5. The van der Waals surface area contributed by atoms with Crippen LogP contribution < -0.4 is 0 Å². The monoisotopic (exact) mass is 401 g/mol. The molecule has 4 heteroatoms. The zero-order chi connectivity index (χ0) is 21.3. The summed E-state index contributed by atoms with van der Waals surface area (Å²) in [5.74, 6) is -1.62. The minimum atomic E-state index is -0.741. The van der Waals surface area contributed by atoms with E-state index in [9.17, 15) is 14.3 Å². The standard InChI is InChI=1S/C26H24FNO2/c27-25-16-15-23(17-24(25)18-28)21-12-9-20(10-13-21)11-14-22(26(29)30)8-4-7-19-5-2-1-3-6-19/h1-3,5-6,9-10,12-13,15-17,22H,4,7-8,11,14H2,(H,29,30). The van der Waals surface area contributed by atoms with Crippen molar-refractivity contribution in [3.8, 4) is 17.2 Å². The number of hydrogen-bond acceptors (Lipinski definition) is 2. The van der Waals surface area contributed by atoms with Gasteiger partial charge in [-0.2, -0.15) is 5.26 Å². The number of halogens is 1. The van der Waals surface area contributed by atoms with Crippen molar-refractivity contribution in [1.29, 1.82) is 5.26 Å². The first kappa shape index (κ1) is 21.3. The molecule has 0 radical (unpaired) electrons. The van der Waals surface area contributed by atoms with Crippen LogP contribution in [0.15, 0.2) is 72.8 Å². The highest BCUT2D eigenvalue weighted by Crippen LogP contribution is 2.24. The Morgan fingerprint density at radius 1 is 0.900 bits per heavy atom. The molecule has 0 fully saturated rings. The Morgan fingerprint density at radius 3 is 2.23 bits per heavy atom. The molecule has 0 bridgehead atoms. The first-order valence-corrected chi connectivity index (χ1v) is 10.1. The minimum absolute atomic E-state index is 0.0244. The molecule has 0 aromatic heterocycles. The van der Waals surface area contributed by atoms with E-state index < -0.39 is 11.8 Å². The maximum absolute atomic E-state index is 13.5. The number of carbonyl (C=O) groups is 1. The molecule has 0 saturated carbocycles. The van der Waals surface area contributed by atoms with Gasteiger partial charge in [0.25, 0.3) is 0 Å². The van der Waals surface area contributed by atoms with E-state index in [0.29, 0.717) is 19.3 Å². The lowest BCUT2D eigenvalue weighted by molar-refractivity contribution is -0.142. The van der Waals surface area contributed by atoms with Gasteiger partial charge in [0, 0.05) is 0 Å². The molecule has 3 nitrogen and oxygen atoms in total. The predicted octanol–water partition coefficient (Wildman–Crippen LogP) is 6.02. The summed E-state index contributed by atoms with van der Waals surface area (Å²) in [4.78, 5) is 11.6. The van der Waals surface area contributed by atoms with E-state index in [0.717, 1.165) is 29.5 Å². The lowest BCUT2D eigenvalue weighted by Crippen LogP contribution is -2.15. The molecule has 0 spiro atoms. The second-order valence-corrected chi connectivity index (χ2v) is 7.46. The number of nitriles is 1. The number of carboxylic acid groups (broad SMARTS) is 1. The predicted molar refractivity (Wildman–Crippen MR) is 115 cm³/mol. The van der Waals surface area contributed by atoms with Gasteiger partial charge in [-0.25, -0.2) is 4.39 Å². The Labute approximate surface area is 176 Å². The number of aryl methyl sites for hydroxylation is 2. The normalized spacial score (nSPS) is 11.6. The molecule has 0 heterocycles. The largest absolute Gasteiger partial charge is 0.481 e. The van der Waals surface area contributed by atoms with Crippen LogP contribution in [0, 0.1) is 23.1 Å². The van der Waals surface area contributed by atoms with Gasteiger partial charge in [0.05, 0.1) is 11.5 Å². The van der Waals surface area contributed by atoms with E-state index in [2.05, 4.69) is 12.1 Å². The number of nitrogens with zero attached hydrogens (tertiary/aromatic N) is 1. The maximum Gasteiger partial charge on any atom is 0.306 e. The molecular formula is C26H24FNO2. The first-order valence-electron chi connectivity index (χ1n) is 10.1. The third kappa shape index (κ3) is 5.78. The van der Waals surface area contributed by atoms with Crippen LogP contribution in [0.5, 0.6) is 0 Å². The number of aliphatic carboxylic acids is 1. The van der Waals surface area contributed by atoms with Crippen molar-refractivity contribution in [3.63, 3.8) is 0 Å². The average molecular weight is 401 g/mol. The number of hydrogen-bond donors (Lipinski definition) is 1. The highest BCUT2D eigenvalue weighted by Gasteiger charge is 2.17. The molecule has 152 valence electrons. The quantitative estimate of drug-likeness (QED) is 0.477. The molecule has 0 aliphatic carbocycles. The fraction of sp³-hybridized carbons (Fsp3) is 0.231. The van der Waals surface area contributed by atoms with Gasteiger partial charge in [-0.1, -0.05) is 60.7 Å². The third-order valence-corrected chi connectivity index (χ3v) is 5.37. The van der Waals surface area contributed by atoms with Crippen LogP contribution in [-0.4, -0.2) is 11.1 Å². The highest BCUT2D eigenvalue weighted by atomic mass is 19.1. The third-order valence-electron chi connectivity index (χ3n) is 5.37. The topological polar surface area (TPSA) is 61.1 Å². The molecule has 3 aromatic rings. The fourth-order valence-corrected chi connectivity index (χ4v) is 3.58. The first-order chi connectivity index (χ1) is 14.6. The van der Waals surface area contributed by atoms with Crippen LogP contribution in [0.4, 0.5) is 4.39 Å². The summed E-state index contributed by atoms with van der Waals surface area (Å²) in [7, 11) is 0. The van der Waals surface area contributed by atoms with Crippen LogP contribution in [-0.2, 0) is 17.6 Å². The Morgan fingerprint density at radius 2 is 1.57 bits per heavy atom. The van der Waals surface area contributed by atoms with Gasteiger partial charge in [-0.15, -0.1) is 0 Å². The smallest absolute Gasteiger partial charge is 0.306 e. The van der Waals surface area contributed by atoms with Crippen molar-refractivity contribution in [1.82, 2.24) is 0 Å². The van der Waals surface area contributed by atoms with Crippen molar-refractivity contribution in [2.45, 2.75) is 32.1 Å². The molecule has 0 aliphatic rings. The summed E-state index contributed by atoms with van der Waals surface area (Å²) in [5, 5.41) is 18.5. The van der Waals surface area contributed by atoms with Crippen molar-refractivity contribution < 1.29 is 14.3 Å². The van der Waals surface area contributed by atoms with Gasteiger partial charge in [0.1, 0.15) is 11.9 Å². The number of carboxylic acids is 1. The molecule has 30 heavy (non-hydrogen) atoms. The Balaban J connectivity index is 1.56. The van der Waals surface area contributed by atoms with Crippen LogP contribution in [0.1, 0.15) is 36.0 Å². The number of benzene rings is 3. The molecule has 1 N–H and O–H groups in total. The lowest BCUT2D eigenvalue weighted by Gasteiger charge is -2.13. The van der Waals surface area contributed by atoms with Gasteiger partial charge in [-0.05, 0) is 66.5 Å². The van der Waals surface area contributed by atoms with Crippen molar-refractivity contribution in [3.05, 3.63) is 95.3 Å². The summed E-state index contributed by atoms with van der Waals surface area (Å²) in [6, 6.07) is 24.2. The fourth-order valence-electron chi connectivity index (χ4n) is 3.58. The van der Waals surface area contributed by atoms with Gasteiger partial charge in [0.2, 0.25) is 0 Å². The Bertz CT molecular complexity index is 1020. The lowest BCUT2D eigenvalue weighted by atomic mass is 9.93. The summed E-state index contributed by atoms with van der Waals surface area (Å²) in [6.07, 6.45) is 3.69. The molecule has 0 aliphatic heterocycles. The molecule has 3 aromatic carbocycles. The molecule has 1 unspecified atom stereocenters. The Hall–Kier alpha value is -3.45. The van der Waals surface area contributed by atoms with Gasteiger partial charge >= 0.3 is 5.97 Å². The van der Waals surface area contributed by atoms with Crippen molar-refractivity contribution >= 4 is 5.97 Å². The summed E-state index contributed by atoms with van der Waals surface area (Å²) in [6.45, 7) is 0. The van der Waals surface area contributed by atoms with E-state index in [-0.39, 0.29) is 11.5 Å². The van der Waals surface area contributed by atoms with Gasteiger partial charge in [-0.3, -0.25) is 4.79 Å². The summed E-state index contributed by atoms with van der Waals surface area (Å²) < 4.78 is 13.5. The molecule has 0 saturated heterocycles. The molecule has 0 amide bonds. The minimum Gasteiger partial charge on any atom is -0.481 e. The molecule has 1 atom stereocenters. The van der Waals surface area contributed by atoms with E-state index in [1.807, 2.05) is 48.5 Å². The average Bonchev–Trinajstić information content (AvgIpc) is 2.77. The van der Waals surface area contributed by atoms with E-state index >= 15 is 0 Å². The zero-order valence-electron chi connectivity index (χ0n) is 16.7. The Kier molecular flexibility index (Phi) is 7.34. The molecular weight excluding hydrogens is 377 g/mol. The SMILES string of the molecule is N#Cc1cc(-c2ccc(CCC(CCCc3ccccc3)C(=O)O)cc2)ccc1F. The summed E-state index contributed by atoms with van der Waals surface area (Å²) >= 11 is 0. The van der Waals surface area contributed by atoms with Crippen LogP contribution in [0.3, 0.4) is 0 Å². The van der Waals surface area contributed by atoms with E-state index in [1.165, 1.54) is 17.7 Å². The van der Waals surface area contributed by atoms with Crippen molar-refractivity contribution in [2.24, 2.45) is 5.92 Å².